The molecule has 0 radical (unpaired) electrons. The fourth-order valence-corrected chi connectivity index (χ4v) is 17.3. The number of imidazole rings is 3. The molecule has 0 saturated carbocycles. The summed E-state index contributed by atoms with van der Waals surface area (Å²) in [6.45, 7) is 28.9. The molecule has 30 heteroatoms. The molecule has 24 nitrogen and oxygen atoms in total. The highest BCUT2D eigenvalue weighted by atomic mass is 35.5. The van der Waals surface area contributed by atoms with Crippen LogP contribution >= 0.6 is 69.6 Å². The summed E-state index contributed by atoms with van der Waals surface area (Å²) in [5, 5.41) is 39.3. The van der Waals surface area contributed by atoms with Gasteiger partial charge < -0.3 is 57.9 Å². The van der Waals surface area contributed by atoms with E-state index in [2.05, 4.69) is 29.7 Å². The molecule has 0 spiro atoms. The Morgan fingerprint density at radius 3 is 0.792 bits per heavy atom. The number of halogens is 6. The molecule has 3 fully saturated rings. The molecule has 120 heavy (non-hydrogen) atoms. The zero-order valence-electron chi connectivity index (χ0n) is 68.3. The molecule has 3 aromatic carbocycles. The number of piperazine rings is 3. The van der Waals surface area contributed by atoms with Crippen molar-refractivity contribution in [3.05, 3.63) is 243 Å². The van der Waals surface area contributed by atoms with E-state index >= 15 is 0 Å². The number of nitrogens with zero attached hydrogens (tertiary/aromatic N) is 15. The van der Waals surface area contributed by atoms with E-state index in [1.54, 1.807) is 105 Å². The summed E-state index contributed by atoms with van der Waals surface area (Å²) in [6.07, 6.45) is 19.9. The number of ether oxygens (including phenoxy) is 3. The minimum Gasteiger partial charge on any atom is -0.444 e. The Labute approximate surface area is 734 Å². The van der Waals surface area contributed by atoms with Crippen molar-refractivity contribution in [1.29, 1.82) is 0 Å². The molecular formula is C90H111Cl6N15O9. The fraction of sp³-hybridized carbons (Fsp3) is 0.433. The summed E-state index contributed by atoms with van der Waals surface area (Å²) >= 11 is 38.9. The van der Waals surface area contributed by atoms with E-state index < -0.39 is 33.6 Å². The smallest absolute Gasteiger partial charge is 0.410 e. The Morgan fingerprint density at radius 1 is 0.350 bits per heavy atom. The van der Waals surface area contributed by atoms with Gasteiger partial charge in [0.2, 0.25) is 0 Å². The van der Waals surface area contributed by atoms with Gasteiger partial charge in [0.15, 0.2) is 0 Å². The Bertz CT molecular complexity index is 4820. The van der Waals surface area contributed by atoms with Gasteiger partial charge in [0, 0.05) is 133 Å². The third kappa shape index (κ3) is 20.1. The van der Waals surface area contributed by atoms with Crippen molar-refractivity contribution in [3.8, 4) is 0 Å². The molecule has 6 aliphatic rings. The van der Waals surface area contributed by atoms with Crippen molar-refractivity contribution in [3.63, 3.8) is 0 Å². The second-order valence-corrected chi connectivity index (χ2v) is 36.5. The molecule has 9 aromatic rings. The van der Waals surface area contributed by atoms with Crippen LogP contribution in [0.5, 0.6) is 0 Å². The number of pyridine rings is 3. The lowest BCUT2D eigenvalue weighted by Crippen LogP contribution is -2.51. The highest BCUT2D eigenvalue weighted by Crippen LogP contribution is 2.51. The molecule has 3 aliphatic carbocycles. The Kier molecular flexibility index (Phi) is 28.6. The number of rotatable bonds is 9. The maximum absolute atomic E-state index is 12.7. The van der Waals surface area contributed by atoms with Gasteiger partial charge in [0.05, 0.1) is 105 Å². The highest BCUT2D eigenvalue weighted by molar-refractivity contribution is 6.32. The van der Waals surface area contributed by atoms with Crippen LogP contribution in [0.2, 0.25) is 30.1 Å². The predicted molar refractivity (Wildman–Crippen MR) is 478 cm³/mol. The lowest BCUT2D eigenvalue weighted by atomic mass is 9.84. The quantitative estimate of drug-likeness (QED) is 0.114. The van der Waals surface area contributed by atoms with Gasteiger partial charge >= 0.3 is 18.3 Å². The molecule has 3 amide bonds. The van der Waals surface area contributed by atoms with Crippen molar-refractivity contribution in [2.45, 2.75) is 157 Å². The zero-order chi connectivity index (χ0) is 84.3. The molecule has 6 aromatic heterocycles. The molecular weight excluding hydrogens is 1650 g/mol. The Hall–Kier alpha value is -8.73. The first-order valence-electron chi connectivity index (χ1n) is 38.8. The number of carbonyl (C=O) groups excluding carboxylic acids is 3. The van der Waals surface area contributed by atoms with E-state index in [0.29, 0.717) is 142 Å². The van der Waals surface area contributed by atoms with Gasteiger partial charge in [-0.1, -0.05) is 110 Å². The Morgan fingerprint density at radius 2 is 0.583 bits per heavy atom. The van der Waals surface area contributed by atoms with Crippen LogP contribution in [0.25, 0.3) is 34.9 Å². The third-order valence-electron chi connectivity index (χ3n) is 21.7. The summed E-state index contributed by atoms with van der Waals surface area (Å²) in [4.78, 5) is 77.4. The number of aromatic nitrogens is 9. The van der Waals surface area contributed by atoms with Crippen molar-refractivity contribution in [1.82, 2.24) is 73.0 Å². The summed E-state index contributed by atoms with van der Waals surface area (Å²) in [6, 6.07) is 22.2. The number of fused-ring (bicyclic) bond motifs is 6. The second-order valence-electron chi connectivity index (χ2n) is 33.9. The molecule has 0 bridgehead atoms. The van der Waals surface area contributed by atoms with Crippen molar-refractivity contribution in [2.24, 2.45) is 21.1 Å². The third-order valence-corrected chi connectivity index (χ3v) is 23.1. The van der Waals surface area contributed by atoms with Gasteiger partial charge in [-0.2, -0.15) is 0 Å². The SMILES string of the molecule is C.C.C.Cn1cncc1C(C)(O)C1=Cc2cc(Cl)cnc2[C@H](N2CCN(C(=O)OC(C)(C)C)CC2)c2ccc(Cl)cc21.Cn1cncc1C(C)(O)C1=Cc2cc(Cl)cnc2[C@H](N2CCN(C(=O)OC(C)(C)C)CC2)c2ccc(Cl)cc21.Cn1cncc1C(C)(O)C1=Cc2cc(Cl)cnc2[C@H](N2CCN(C(=O)OC(C)(C)C)CC2)c2ccc(Cl)cc21. The first kappa shape index (κ1) is 93.5. The van der Waals surface area contributed by atoms with Gasteiger partial charge in [-0.25, -0.2) is 29.3 Å². The number of carbonyl (C=O) groups is 3. The average Bonchev–Trinajstić information content (AvgIpc) is 1.58. The minimum atomic E-state index is -1.39. The van der Waals surface area contributed by atoms with Crippen molar-refractivity contribution < 1.29 is 43.9 Å². The monoisotopic (exact) mass is 1760 g/mol. The molecule has 3 N–H and O–H groups in total. The summed E-state index contributed by atoms with van der Waals surface area (Å²) in [5.41, 5.74) is 8.35. The molecule has 3 aliphatic heterocycles. The predicted octanol–water partition coefficient (Wildman–Crippen LogP) is 18.5. The lowest BCUT2D eigenvalue weighted by Gasteiger charge is -2.40. The average molecular weight is 1760 g/mol. The van der Waals surface area contributed by atoms with Crippen LogP contribution in [-0.4, -0.2) is 202 Å². The number of benzene rings is 3. The van der Waals surface area contributed by atoms with E-state index in [9.17, 15) is 29.7 Å². The molecule has 3 saturated heterocycles. The van der Waals surface area contributed by atoms with E-state index in [1.165, 1.54) is 0 Å². The van der Waals surface area contributed by atoms with Crippen LogP contribution in [-0.2, 0) is 52.2 Å². The van der Waals surface area contributed by atoms with Gasteiger partial charge in [-0.15, -0.1) is 0 Å². The largest absolute Gasteiger partial charge is 0.444 e. The minimum absolute atomic E-state index is 0. The fourth-order valence-electron chi connectivity index (χ4n) is 16.2. The van der Waals surface area contributed by atoms with E-state index in [4.69, 9.17) is 98.8 Å². The molecule has 15 rings (SSSR count). The first-order chi connectivity index (χ1) is 55.0. The maximum atomic E-state index is 12.7. The van der Waals surface area contributed by atoms with Crippen molar-refractivity contribution in [2.75, 3.05) is 78.5 Å². The standard InChI is InChI=1S/3C29H33Cl2N5O3.3CH4/c3*1-28(2,3)39-27(37)36-10-8-35(9-11-36)26-21-7-6-19(30)14-22(21)23(13-18-12-20(31)15-33-25(18)26)29(4,38)24-16-32-17-34(24)5;;;/h3*6-7,12-17,26,38H,8-11H2,1-5H3;3*1H4/t3*26-,29?;;;/m111.../s1. The lowest BCUT2D eigenvalue weighted by molar-refractivity contribution is 0.0108. The molecule has 3 unspecified atom stereocenters. The molecule has 9 heterocycles. The van der Waals surface area contributed by atoms with E-state index in [1.807, 2.05) is 174 Å². The van der Waals surface area contributed by atoms with Gasteiger partial charge in [0.1, 0.15) is 33.6 Å². The number of hydrogen-bond donors (Lipinski definition) is 3. The van der Waals surface area contributed by atoms with Crippen molar-refractivity contribution >= 4 is 123 Å². The normalized spacial score (nSPS) is 18.9. The van der Waals surface area contributed by atoms with Gasteiger partial charge in [0.25, 0.3) is 0 Å². The Balaban J connectivity index is 0.000000187. The summed E-state index contributed by atoms with van der Waals surface area (Å²) in [5.74, 6) is 0. The molecule has 6 atom stereocenters. The highest BCUT2D eigenvalue weighted by Gasteiger charge is 2.45. The van der Waals surface area contributed by atoms with Crippen LogP contribution < -0.4 is 0 Å². The number of amides is 3. The first-order valence-corrected chi connectivity index (χ1v) is 41.1. The number of hydrogen-bond acceptors (Lipinski definition) is 18. The summed E-state index contributed by atoms with van der Waals surface area (Å²) in [7, 11) is 5.56. The van der Waals surface area contributed by atoms with E-state index in [0.717, 1.165) is 67.2 Å². The van der Waals surface area contributed by atoms with Gasteiger partial charge in [-0.05, 0) is 223 Å². The topological polar surface area (TPSA) is 251 Å². The maximum Gasteiger partial charge on any atom is 0.410 e. The van der Waals surface area contributed by atoms with Crippen LogP contribution in [0.1, 0.15) is 208 Å². The van der Waals surface area contributed by atoms with Crippen LogP contribution in [0, 0.1) is 0 Å². The van der Waals surface area contributed by atoms with Crippen LogP contribution in [0.3, 0.4) is 0 Å². The molecule has 642 valence electrons. The number of aryl methyl sites for hydroxylation is 3. The number of aliphatic hydroxyl groups is 3. The van der Waals surface area contributed by atoms with E-state index in [-0.39, 0.29) is 58.7 Å². The van der Waals surface area contributed by atoms with Crippen LogP contribution in [0.4, 0.5) is 14.4 Å². The summed E-state index contributed by atoms with van der Waals surface area (Å²) < 4.78 is 22.2. The van der Waals surface area contributed by atoms with Gasteiger partial charge in [-0.3, -0.25) is 29.7 Å². The zero-order valence-corrected chi connectivity index (χ0v) is 72.9. The second kappa shape index (κ2) is 36.8. The van der Waals surface area contributed by atoms with Crippen LogP contribution in [0.15, 0.2) is 129 Å².